The molecule has 3 heteroatoms. The highest BCUT2D eigenvalue weighted by Crippen LogP contribution is 1.88. The molecule has 0 heterocycles. The van der Waals surface area contributed by atoms with E-state index in [1.807, 2.05) is 0 Å². The van der Waals surface area contributed by atoms with Crippen LogP contribution in [-0.4, -0.2) is 10.2 Å². The van der Waals surface area contributed by atoms with Crippen molar-refractivity contribution in [2.75, 3.05) is 0 Å². The van der Waals surface area contributed by atoms with Gasteiger partial charge in [0, 0.05) is 10.2 Å². The summed E-state index contributed by atoms with van der Waals surface area (Å²) < 4.78 is 0. The van der Waals surface area contributed by atoms with Gasteiger partial charge in [-0.2, -0.15) is 10.5 Å². The second kappa shape index (κ2) is 4.11. The molecule has 0 unspecified atom stereocenters. The molecule has 0 spiro atoms. The standard InChI is InChI=1S/C5H3N2Si/c6-3-5(4-7)1-2-8/h1H,2H2. The molecule has 0 amide bonds. The molecule has 0 aliphatic rings. The molecule has 0 fully saturated rings. The van der Waals surface area contributed by atoms with Crippen LogP contribution < -0.4 is 0 Å². The predicted octanol–water partition coefficient (Wildman–Crippen LogP) is 0.547. The summed E-state index contributed by atoms with van der Waals surface area (Å²) in [6.07, 6.45) is 1.51. The first-order valence-corrected chi connectivity index (χ1v) is 2.70. The Labute approximate surface area is 51.5 Å². The molecule has 0 aliphatic carbocycles. The lowest BCUT2D eigenvalue weighted by Gasteiger charge is -1.74. The van der Waals surface area contributed by atoms with Gasteiger partial charge in [-0.15, -0.1) is 0 Å². The van der Waals surface area contributed by atoms with Gasteiger partial charge >= 0.3 is 0 Å². The minimum Gasteiger partial charge on any atom is -0.192 e. The van der Waals surface area contributed by atoms with E-state index in [9.17, 15) is 0 Å². The van der Waals surface area contributed by atoms with Gasteiger partial charge in [0.05, 0.1) is 0 Å². The van der Waals surface area contributed by atoms with Crippen molar-refractivity contribution in [1.82, 2.24) is 0 Å². The second-order valence-corrected chi connectivity index (χ2v) is 1.45. The smallest absolute Gasteiger partial charge is 0.125 e. The molecular formula is C5H3N2Si. The minimum atomic E-state index is 0.153. The van der Waals surface area contributed by atoms with E-state index in [2.05, 4.69) is 10.2 Å². The van der Waals surface area contributed by atoms with Crippen molar-refractivity contribution in [3.63, 3.8) is 0 Å². The molecule has 0 aromatic carbocycles. The number of allylic oxidation sites excluding steroid dienone is 2. The molecule has 8 heavy (non-hydrogen) atoms. The summed E-state index contributed by atoms with van der Waals surface area (Å²) in [6.45, 7) is 0. The van der Waals surface area contributed by atoms with Crippen molar-refractivity contribution in [3.8, 4) is 12.1 Å². The number of nitrogens with zero attached hydrogens (tertiary/aromatic N) is 2. The zero-order valence-electron chi connectivity index (χ0n) is 4.18. The third-order valence-corrected chi connectivity index (χ3v) is 0.751. The fraction of sp³-hybridized carbons (Fsp3) is 0.200. The van der Waals surface area contributed by atoms with Crippen molar-refractivity contribution in [2.24, 2.45) is 0 Å². The third-order valence-electron chi connectivity index (χ3n) is 0.547. The Morgan fingerprint density at radius 2 is 2.00 bits per heavy atom. The van der Waals surface area contributed by atoms with Gasteiger partial charge < -0.3 is 0 Å². The summed E-state index contributed by atoms with van der Waals surface area (Å²) in [5.41, 5.74) is 0.153. The van der Waals surface area contributed by atoms with Crippen molar-refractivity contribution >= 4 is 10.2 Å². The minimum absolute atomic E-state index is 0.153. The molecular weight excluding hydrogens is 116 g/mol. The second-order valence-electron chi connectivity index (χ2n) is 1.05. The molecule has 0 aromatic rings. The highest BCUT2D eigenvalue weighted by Gasteiger charge is 1.84. The van der Waals surface area contributed by atoms with E-state index in [1.165, 1.54) is 6.08 Å². The topological polar surface area (TPSA) is 47.6 Å². The van der Waals surface area contributed by atoms with Gasteiger partial charge in [0.1, 0.15) is 17.7 Å². The summed E-state index contributed by atoms with van der Waals surface area (Å²) >= 11 is 0. The van der Waals surface area contributed by atoms with Crippen LogP contribution in [0.5, 0.6) is 0 Å². The summed E-state index contributed by atoms with van der Waals surface area (Å²) in [6, 6.07) is 4.00. The van der Waals surface area contributed by atoms with E-state index in [1.54, 1.807) is 12.1 Å². The summed E-state index contributed by atoms with van der Waals surface area (Å²) in [4.78, 5) is 0. The number of nitriles is 2. The predicted molar refractivity (Wildman–Crippen MR) is 29.9 cm³/mol. The molecule has 0 rings (SSSR count). The number of hydrogen-bond donors (Lipinski definition) is 0. The Balaban J connectivity index is 3.99. The van der Waals surface area contributed by atoms with Crippen LogP contribution in [-0.2, 0) is 0 Å². The van der Waals surface area contributed by atoms with Crippen LogP contribution in [0.1, 0.15) is 0 Å². The highest BCUT2D eigenvalue weighted by atomic mass is 28.1. The lowest BCUT2D eigenvalue weighted by molar-refractivity contribution is 1.45. The van der Waals surface area contributed by atoms with Gasteiger partial charge in [0.15, 0.2) is 0 Å². The van der Waals surface area contributed by atoms with E-state index in [-0.39, 0.29) is 5.57 Å². The van der Waals surface area contributed by atoms with Crippen LogP contribution in [0.4, 0.5) is 0 Å². The molecule has 0 aliphatic heterocycles. The monoisotopic (exact) mass is 119 g/mol. The van der Waals surface area contributed by atoms with Gasteiger partial charge in [-0.1, -0.05) is 6.08 Å². The van der Waals surface area contributed by atoms with Gasteiger partial charge in [0.2, 0.25) is 0 Å². The van der Waals surface area contributed by atoms with Gasteiger partial charge in [-0.05, 0) is 6.04 Å². The zero-order chi connectivity index (χ0) is 6.41. The van der Waals surface area contributed by atoms with Crippen molar-refractivity contribution in [2.45, 2.75) is 6.04 Å². The quantitative estimate of drug-likeness (QED) is 0.374. The maximum atomic E-state index is 8.09. The van der Waals surface area contributed by atoms with E-state index < -0.39 is 0 Å². The molecule has 37 valence electrons. The lowest BCUT2D eigenvalue weighted by Crippen LogP contribution is -1.69. The molecule has 0 atom stereocenters. The first-order chi connectivity index (χ1) is 3.85. The van der Waals surface area contributed by atoms with Crippen LogP contribution in [0, 0.1) is 22.7 Å². The molecule has 0 bridgehead atoms. The summed E-state index contributed by atoms with van der Waals surface area (Å²) in [7, 11) is 3.10. The largest absolute Gasteiger partial charge is 0.192 e. The fourth-order valence-electron chi connectivity index (χ4n) is 0.218. The molecule has 0 saturated heterocycles. The fourth-order valence-corrected chi connectivity index (χ4v) is 0.422. The normalized spacial score (nSPS) is 6.38. The summed E-state index contributed by atoms with van der Waals surface area (Å²) in [5, 5.41) is 16.2. The van der Waals surface area contributed by atoms with Crippen LogP contribution >= 0.6 is 0 Å². The van der Waals surface area contributed by atoms with Gasteiger partial charge in [0.25, 0.3) is 0 Å². The maximum Gasteiger partial charge on any atom is 0.125 e. The van der Waals surface area contributed by atoms with Crippen LogP contribution in [0.2, 0.25) is 6.04 Å². The van der Waals surface area contributed by atoms with Crippen LogP contribution in [0.15, 0.2) is 11.6 Å². The Hall–Kier alpha value is -1.06. The Bertz CT molecular complexity index is 154. The van der Waals surface area contributed by atoms with Crippen molar-refractivity contribution < 1.29 is 0 Å². The van der Waals surface area contributed by atoms with Crippen LogP contribution in [0.25, 0.3) is 0 Å². The molecule has 0 aromatic heterocycles. The maximum absolute atomic E-state index is 8.09. The summed E-state index contributed by atoms with van der Waals surface area (Å²) in [5.74, 6) is 0. The van der Waals surface area contributed by atoms with E-state index >= 15 is 0 Å². The molecule has 3 radical (unpaired) electrons. The third kappa shape index (κ3) is 2.17. The van der Waals surface area contributed by atoms with Crippen molar-refractivity contribution in [3.05, 3.63) is 11.6 Å². The lowest BCUT2D eigenvalue weighted by atomic mass is 10.3. The van der Waals surface area contributed by atoms with Gasteiger partial charge in [-0.3, -0.25) is 0 Å². The van der Waals surface area contributed by atoms with Gasteiger partial charge in [-0.25, -0.2) is 0 Å². The molecule has 0 N–H and O–H groups in total. The average molecular weight is 119 g/mol. The number of hydrogen-bond acceptors (Lipinski definition) is 2. The first kappa shape index (κ1) is 6.94. The molecule has 2 nitrogen and oxygen atoms in total. The first-order valence-electron chi connectivity index (χ1n) is 2.00. The Kier molecular flexibility index (Phi) is 3.56. The van der Waals surface area contributed by atoms with E-state index in [0.29, 0.717) is 6.04 Å². The van der Waals surface area contributed by atoms with E-state index in [4.69, 9.17) is 10.5 Å². The number of rotatable bonds is 1. The highest BCUT2D eigenvalue weighted by molar-refractivity contribution is 6.09. The molecule has 0 saturated carbocycles. The average Bonchev–Trinajstić information content (AvgIpc) is 1.83. The Morgan fingerprint density at radius 3 is 2.12 bits per heavy atom. The SMILES string of the molecule is N#CC(C#N)=CC[Si]. The van der Waals surface area contributed by atoms with Crippen molar-refractivity contribution in [1.29, 1.82) is 10.5 Å². The zero-order valence-corrected chi connectivity index (χ0v) is 5.18. The Morgan fingerprint density at radius 1 is 1.50 bits per heavy atom. The van der Waals surface area contributed by atoms with Crippen LogP contribution in [0.3, 0.4) is 0 Å². The van der Waals surface area contributed by atoms with E-state index in [0.717, 1.165) is 0 Å².